The van der Waals surface area contributed by atoms with Crippen LogP contribution < -0.4 is 9.64 Å². The third-order valence-electron chi connectivity index (χ3n) is 4.88. The molecule has 0 fully saturated rings. The smallest absolute Gasteiger partial charge is 0.325 e. The zero-order chi connectivity index (χ0) is 20.8. The third kappa shape index (κ3) is 4.93. The highest BCUT2D eigenvalue weighted by atomic mass is 16.5. The molecule has 0 bridgehead atoms. The lowest BCUT2D eigenvalue weighted by atomic mass is 10.1. The summed E-state index contributed by atoms with van der Waals surface area (Å²) in [4.78, 5) is 40.1. The van der Waals surface area contributed by atoms with Gasteiger partial charge in [-0.05, 0) is 30.2 Å². The standard InChI is InChI=1S/C22H24N2O5/c1-16-7-3-4-8-17(16)13-23(14-22(27)28-2)20(25)11-12-24-18-9-5-6-10-19(18)29-15-21(24)26/h3-10H,11-15H2,1-2H3. The second-order valence-corrected chi connectivity index (χ2v) is 6.80. The SMILES string of the molecule is COC(=O)CN(Cc1ccccc1C)C(=O)CCN1C(=O)COc2ccccc21. The topological polar surface area (TPSA) is 76.2 Å². The summed E-state index contributed by atoms with van der Waals surface area (Å²) in [6.45, 7) is 2.27. The van der Waals surface area contributed by atoms with E-state index in [9.17, 15) is 14.4 Å². The van der Waals surface area contributed by atoms with Crippen LogP contribution in [0.5, 0.6) is 5.75 Å². The van der Waals surface area contributed by atoms with Gasteiger partial charge >= 0.3 is 5.97 Å². The number of para-hydroxylation sites is 2. The van der Waals surface area contributed by atoms with E-state index >= 15 is 0 Å². The van der Waals surface area contributed by atoms with Crippen molar-refractivity contribution in [2.45, 2.75) is 19.9 Å². The molecule has 1 aliphatic heterocycles. The molecule has 0 unspecified atom stereocenters. The van der Waals surface area contributed by atoms with E-state index in [0.717, 1.165) is 11.1 Å². The number of nitrogens with zero attached hydrogens (tertiary/aromatic N) is 2. The van der Waals surface area contributed by atoms with Gasteiger partial charge in [-0.25, -0.2) is 0 Å². The molecule has 0 atom stereocenters. The number of rotatable bonds is 7. The Morgan fingerprint density at radius 2 is 1.86 bits per heavy atom. The molecule has 1 aliphatic rings. The predicted octanol–water partition coefficient (Wildman–Crippen LogP) is 2.31. The van der Waals surface area contributed by atoms with Crippen molar-refractivity contribution in [3.63, 3.8) is 0 Å². The van der Waals surface area contributed by atoms with Crippen molar-refractivity contribution >= 4 is 23.5 Å². The zero-order valence-corrected chi connectivity index (χ0v) is 16.6. The van der Waals surface area contributed by atoms with E-state index in [0.29, 0.717) is 18.0 Å². The molecule has 0 radical (unpaired) electrons. The van der Waals surface area contributed by atoms with E-state index in [1.807, 2.05) is 43.3 Å². The first-order valence-corrected chi connectivity index (χ1v) is 9.41. The summed E-state index contributed by atoms with van der Waals surface area (Å²) in [7, 11) is 1.29. The maximum Gasteiger partial charge on any atom is 0.325 e. The summed E-state index contributed by atoms with van der Waals surface area (Å²) < 4.78 is 10.2. The summed E-state index contributed by atoms with van der Waals surface area (Å²) in [6.07, 6.45) is 0.0863. The van der Waals surface area contributed by atoms with Crippen LogP contribution in [0.1, 0.15) is 17.5 Å². The number of carbonyl (C=O) groups is 3. The molecule has 2 aromatic rings. The van der Waals surface area contributed by atoms with Crippen molar-refractivity contribution in [1.29, 1.82) is 0 Å². The van der Waals surface area contributed by atoms with Crippen LogP contribution in [-0.2, 0) is 25.7 Å². The molecular formula is C22H24N2O5. The van der Waals surface area contributed by atoms with Gasteiger partial charge in [0.2, 0.25) is 5.91 Å². The Bertz CT molecular complexity index is 912. The molecule has 0 saturated heterocycles. The van der Waals surface area contributed by atoms with Crippen molar-refractivity contribution < 1.29 is 23.9 Å². The molecule has 7 nitrogen and oxygen atoms in total. The Hall–Kier alpha value is -3.35. The quantitative estimate of drug-likeness (QED) is 0.672. The number of carbonyl (C=O) groups excluding carboxylic acids is 3. The summed E-state index contributed by atoms with van der Waals surface area (Å²) in [5.41, 5.74) is 2.64. The van der Waals surface area contributed by atoms with Gasteiger partial charge in [-0.15, -0.1) is 0 Å². The van der Waals surface area contributed by atoms with Crippen molar-refractivity contribution in [2.75, 3.05) is 31.7 Å². The Morgan fingerprint density at radius 1 is 1.14 bits per heavy atom. The Morgan fingerprint density at radius 3 is 2.62 bits per heavy atom. The fourth-order valence-electron chi connectivity index (χ4n) is 3.21. The second-order valence-electron chi connectivity index (χ2n) is 6.80. The third-order valence-corrected chi connectivity index (χ3v) is 4.88. The van der Waals surface area contributed by atoms with Gasteiger partial charge in [0.25, 0.3) is 5.91 Å². The summed E-state index contributed by atoms with van der Waals surface area (Å²) >= 11 is 0. The second kappa shape index (κ2) is 9.23. The van der Waals surface area contributed by atoms with Crippen LogP contribution in [0.4, 0.5) is 5.69 Å². The van der Waals surface area contributed by atoms with Gasteiger partial charge in [0.05, 0.1) is 12.8 Å². The normalized spacial score (nSPS) is 12.8. The van der Waals surface area contributed by atoms with Crippen LogP contribution in [0.25, 0.3) is 0 Å². The fourth-order valence-corrected chi connectivity index (χ4v) is 3.21. The molecule has 3 rings (SSSR count). The van der Waals surface area contributed by atoms with Crippen LogP contribution >= 0.6 is 0 Å². The average molecular weight is 396 g/mol. The minimum absolute atomic E-state index is 0.0553. The minimum atomic E-state index is -0.486. The molecule has 1 heterocycles. The number of esters is 1. The van der Waals surface area contributed by atoms with E-state index < -0.39 is 5.97 Å². The first-order valence-electron chi connectivity index (χ1n) is 9.41. The molecule has 29 heavy (non-hydrogen) atoms. The molecule has 152 valence electrons. The van der Waals surface area contributed by atoms with Crippen molar-refractivity contribution in [3.8, 4) is 5.75 Å². The number of ether oxygens (including phenoxy) is 2. The number of fused-ring (bicyclic) bond motifs is 1. The summed E-state index contributed by atoms with van der Waals surface area (Å²) in [5, 5.41) is 0. The first kappa shape index (κ1) is 20.4. The molecule has 0 spiro atoms. The number of benzene rings is 2. The van der Waals surface area contributed by atoms with Crippen molar-refractivity contribution in [1.82, 2.24) is 4.90 Å². The Balaban J connectivity index is 1.72. The van der Waals surface area contributed by atoms with Crippen molar-refractivity contribution in [3.05, 3.63) is 59.7 Å². The fraction of sp³-hybridized carbons (Fsp3) is 0.318. The van der Waals surface area contributed by atoms with Crippen LogP contribution in [-0.4, -0.2) is 49.5 Å². The largest absolute Gasteiger partial charge is 0.482 e. The van der Waals surface area contributed by atoms with E-state index in [1.54, 1.807) is 17.0 Å². The highest BCUT2D eigenvalue weighted by Crippen LogP contribution is 2.31. The molecular weight excluding hydrogens is 372 g/mol. The maximum absolute atomic E-state index is 12.9. The van der Waals surface area contributed by atoms with Crippen LogP contribution in [0.2, 0.25) is 0 Å². The number of anilines is 1. The Kier molecular flexibility index (Phi) is 6.49. The van der Waals surface area contributed by atoms with Gasteiger partial charge in [0.15, 0.2) is 6.61 Å². The zero-order valence-electron chi connectivity index (χ0n) is 16.6. The van der Waals surface area contributed by atoms with Crippen LogP contribution in [0.15, 0.2) is 48.5 Å². The average Bonchev–Trinajstić information content (AvgIpc) is 2.73. The number of amides is 2. The molecule has 0 N–H and O–H groups in total. The lowest BCUT2D eigenvalue weighted by molar-refractivity contribution is -0.147. The number of hydrogen-bond donors (Lipinski definition) is 0. The van der Waals surface area contributed by atoms with E-state index in [4.69, 9.17) is 9.47 Å². The first-order chi connectivity index (χ1) is 14.0. The van der Waals surface area contributed by atoms with E-state index in [2.05, 4.69) is 0 Å². The molecule has 2 aromatic carbocycles. The highest BCUT2D eigenvalue weighted by Gasteiger charge is 2.27. The summed E-state index contributed by atoms with van der Waals surface area (Å²) in [5.74, 6) is -0.295. The lowest BCUT2D eigenvalue weighted by Crippen LogP contribution is -2.42. The van der Waals surface area contributed by atoms with Gasteiger partial charge in [-0.2, -0.15) is 0 Å². The number of hydrogen-bond acceptors (Lipinski definition) is 5. The summed E-state index contributed by atoms with van der Waals surface area (Å²) in [6, 6.07) is 14.9. The molecule has 0 aromatic heterocycles. The monoisotopic (exact) mass is 396 g/mol. The number of aryl methyl sites for hydroxylation is 1. The molecule has 2 amide bonds. The molecule has 0 aliphatic carbocycles. The predicted molar refractivity (Wildman–Crippen MR) is 108 cm³/mol. The number of methoxy groups -OCH3 is 1. The van der Waals surface area contributed by atoms with Gasteiger partial charge in [0, 0.05) is 19.5 Å². The van der Waals surface area contributed by atoms with Crippen molar-refractivity contribution in [2.24, 2.45) is 0 Å². The highest BCUT2D eigenvalue weighted by molar-refractivity contribution is 5.98. The van der Waals surface area contributed by atoms with Crippen LogP contribution in [0.3, 0.4) is 0 Å². The lowest BCUT2D eigenvalue weighted by Gasteiger charge is -2.30. The van der Waals surface area contributed by atoms with Gasteiger partial charge < -0.3 is 19.3 Å². The Labute approximate surface area is 169 Å². The minimum Gasteiger partial charge on any atom is -0.482 e. The maximum atomic E-state index is 12.9. The van der Waals surface area contributed by atoms with E-state index in [1.165, 1.54) is 12.0 Å². The molecule has 0 saturated carbocycles. The molecule has 7 heteroatoms. The van der Waals surface area contributed by atoms with Crippen LogP contribution in [0, 0.1) is 6.92 Å². The van der Waals surface area contributed by atoms with Gasteiger partial charge in [-0.3, -0.25) is 14.4 Å². The van der Waals surface area contributed by atoms with Gasteiger partial charge in [-0.1, -0.05) is 36.4 Å². The van der Waals surface area contributed by atoms with E-state index in [-0.39, 0.29) is 37.9 Å². The van der Waals surface area contributed by atoms with Gasteiger partial charge in [0.1, 0.15) is 12.3 Å².